The largest absolute Gasteiger partial charge is 0.264 e. The maximum absolute atomic E-state index is 6.62. The topological polar surface area (TPSA) is 64.1 Å². The number of rotatable bonds is 4. The summed E-state index contributed by atoms with van der Waals surface area (Å²) in [7, 11) is 0. The fourth-order valence-corrected chi connectivity index (χ4v) is 3.87. The van der Waals surface area contributed by atoms with Crippen LogP contribution >= 0.6 is 0 Å². The Kier molecular flexibility index (Phi) is 4.02. The zero-order chi connectivity index (χ0) is 16.6. The van der Waals surface area contributed by atoms with E-state index in [2.05, 4.69) is 67.8 Å². The van der Waals surface area contributed by atoms with E-state index in [1.54, 1.807) is 0 Å². The third kappa shape index (κ3) is 2.79. The smallest absolute Gasteiger partial charge is 0.225 e. The van der Waals surface area contributed by atoms with Crippen LogP contribution in [0, 0.1) is 0 Å². The number of nitrogens with one attached hydrogen (secondary N) is 1. The number of benzene rings is 2. The first-order chi connectivity index (χ1) is 10.9. The molecule has 4 heteroatoms. The molecule has 0 aliphatic carbocycles. The van der Waals surface area contributed by atoms with Crippen molar-refractivity contribution in [2.75, 3.05) is 6.54 Å². The predicted octanol–water partition coefficient (Wildman–Crippen LogP) is 2.42. The van der Waals surface area contributed by atoms with Crippen molar-refractivity contribution in [2.45, 2.75) is 38.1 Å². The molecule has 0 aromatic heterocycles. The van der Waals surface area contributed by atoms with Crippen LogP contribution in [0.2, 0.25) is 0 Å². The highest BCUT2D eigenvalue weighted by atomic mass is 15.8. The lowest BCUT2D eigenvalue weighted by molar-refractivity contribution is -1.01. The molecule has 2 unspecified atom stereocenters. The van der Waals surface area contributed by atoms with Gasteiger partial charge in [0.25, 0.3) is 0 Å². The highest BCUT2D eigenvalue weighted by molar-refractivity contribution is 5.25. The molecule has 0 spiro atoms. The van der Waals surface area contributed by atoms with Crippen molar-refractivity contribution in [3.8, 4) is 0 Å². The van der Waals surface area contributed by atoms with Crippen molar-refractivity contribution in [2.24, 2.45) is 11.5 Å². The van der Waals surface area contributed by atoms with E-state index >= 15 is 0 Å². The first kappa shape index (κ1) is 16.1. The first-order valence-electron chi connectivity index (χ1n) is 8.25. The minimum Gasteiger partial charge on any atom is -0.264 e. The fraction of sp³-hybridized carbons (Fsp3) is 0.368. The summed E-state index contributed by atoms with van der Waals surface area (Å²) < 4.78 is 0.475. The standard InChI is InChI=1S/C19H27N4/c1-3-23(14-16-10-6-4-7-11-16)19(20,21)15-18(2,22-23)17-12-8-5-9-13-17/h4-13,22H,3,14-15,20-21H2,1-2H3/q+1. The van der Waals surface area contributed by atoms with Crippen molar-refractivity contribution in [3.63, 3.8) is 0 Å². The highest BCUT2D eigenvalue weighted by Crippen LogP contribution is 2.40. The number of nitrogens with zero attached hydrogens (tertiary/aromatic N) is 1. The van der Waals surface area contributed by atoms with E-state index < -0.39 is 5.79 Å². The molecule has 3 rings (SSSR count). The molecule has 1 aliphatic rings. The van der Waals surface area contributed by atoms with Crippen LogP contribution in [0.1, 0.15) is 31.4 Å². The molecular weight excluding hydrogens is 284 g/mol. The van der Waals surface area contributed by atoms with Crippen LogP contribution in [0.3, 0.4) is 0 Å². The van der Waals surface area contributed by atoms with Crippen LogP contribution in [0.4, 0.5) is 0 Å². The Morgan fingerprint density at radius 1 is 1.00 bits per heavy atom. The van der Waals surface area contributed by atoms with Gasteiger partial charge in [0.15, 0.2) is 0 Å². The van der Waals surface area contributed by atoms with Crippen molar-refractivity contribution in [1.29, 1.82) is 0 Å². The van der Waals surface area contributed by atoms with Crippen LogP contribution in [-0.4, -0.2) is 16.9 Å². The molecule has 1 heterocycles. The van der Waals surface area contributed by atoms with Gasteiger partial charge < -0.3 is 0 Å². The lowest BCUT2D eigenvalue weighted by Crippen LogP contribution is -2.74. The zero-order valence-electron chi connectivity index (χ0n) is 14.0. The zero-order valence-corrected chi connectivity index (χ0v) is 14.0. The third-order valence-corrected chi connectivity index (χ3v) is 5.14. The Bertz CT molecular complexity index is 656. The molecule has 2 aromatic rings. The second-order valence-electron chi connectivity index (χ2n) is 6.91. The molecule has 23 heavy (non-hydrogen) atoms. The summed E-state index contributed by atoms with van der Waals surface area (Å²) in [5.41, 5.74) is 19.2. The maximum atomic E-state index is 6.62. The van der Waals surface area contributed by atoms with Gasteiger partial charge in [-0.2, -0.15) is 5.43 Å². The van der Waals surface area contributed by atoms with Gasteiger partial charge in [0.1, 0.15) is 6.54 Å². The molecule has 0 bridgehead atoms. The summed E-state index contributed by atoms with van der Waals surface area (Å²) in [4.78, 5) is 0. The van der Waals surface area contributed by atoms with Crippen molar-refractivity contribution >= 4 is 0 Å². The van der Waals surface area contributed by atoms with Gasteiger partial charge in [0.2, 0.25) is 5.79 Å². The van der Waals surface area contributed by atoms with Gasteiger partial charge in [-0.05, 0) is 19.4 Å². The van der Waals surface area contributed by atoms with Crippen LogP contribution in [-0.2, 0) is 12.1 Å². The molecule has 5 N–H and O–H groups in total. The fourth-order valence-electron chi connectivity index (χ4n) is 3.87. The van der Waals surface area contributed by atoms with Crippen LogP contribution < -0.4 is 16.9 Å². The summed E-state index contributed by atoms with van der Waals surface area (Å²) in [6.45, 7) is 5.93. The predicted molar refractivity (Wildman–Crippen MR) is 93.6 cm³/mol. The number of quaternary nitrogens is 1. The number of hydrogen-bond acceptors (Lipinski definition) is 3. The van der Waals surface area contributed by atoms with E-state index in [0.29, 0.717) is 11.0 Å². The van der Waals surface area contributed by atoms with Gasteiger partial charge in [-0.15, -0.1) is 0 Å². The molecule has 122 valence electrons. The van der Waals surface area contributed by atoms with E-state index in [4.69, 9.17) is 11.5 Å². The minimum atomic E-state index is -0.824. The summed E-state index contributed by atoms with van der Waals surface area (Å²) in [6, 6.07) is 20.8. The van der Waals surface area contributed by atoms with Gasteiger partial charge in [-0.1, -0.05) is 60.7 Å². The van der Waals surface area contributed by atoms with Gasteiger partial charge >= 0.3 is 0 Å². The first-order valence-corrected chi connectivity index (χ1v) is 8.25. The molecule has 2 aromatic carbocycles. The van der Waals surface area contributed by atoms with E-state index in [9.17, 15) is 0 Å². The Morgan fingerprint density at radius 3 is 2.13 bits per heavy atom. The van der Waals surface area contributed by atoms with Gasteiger partial charge in [-0.3, -0.25) is 11.5 Å². The second kappa shape index (κ2) is 5.73. The summed E-state index contributed by atoms with van der Waals surface area (Å²) >= 11 is 0. The van der Waals surface area contributed by atoms with Crippen LogP contribution in [0.5, 0.6) is 0 Å². The van der Waals surface area contributed by atoms with E-state index in [0.717, 1.165) is 13.1 Å². The third-order valence-electron chi connectivity index (χ3n) is 5.14. The number of nitrogens with two attached hydrogens (primary N) is 2. The Balaban J connectivity index is 1.97. The van der Waals surface area contributed by atoms with Gasteiger partial charge in [-0.25, -0.2) is 4.59 Å². The average Bonchev–Trinajstić information content (AvgIpc) is 2.76. The molecule has 4 nitrogen and oxygen atoms in total. The highest BCUT2D eigenvalue weighted by Gasteiger charge is 2.59. The molecule has 0 radical (unpaired) electrons. The van der Waals surface area contributed by atoms with Gasteiger partial charge in [0.05, 0.1) is 18.5 Å². The molecule has 1 saturated heterocycles. The summed E-state index contributed by atoms with van der Waals surface area (Å²) in [5.74, 6) is -0.824. The summed E-state index contributed by atoms with van der Waals surface area (Å²) in [6.07, 6.45) is 0.685. The quantitative estimate of drug-likeness (QED) is 0.600. The molecule has 1 aliphatic heterocycles. The molecule has 2 atom stereocenters. The molecular formula is C19H27N4+. The molecule has 1 fully saturated rings. The lowest BCUT2D eigenvalue weighted by Gasteiger charge is -2.42. The van der Waals surface area contributed by atoms with Crippen molar-refractivity contribution < 1.29 is 4.59 Å². The number of hydrogen-bond donors (Lipinski definition) is 3. The van der Waals surface area contributed by atoms with E-state index in [-0.39, 0.29) is 5.54 Å². The Labute approximate surface area is 138 Å². The van der Waals surface area contributed by atoms with Crippen LogP contribution in [0.25, 0.3) is 0 Å². The van der Waals surface area contributed by atoms with E-state index in [1.807, 2.05) is 12.1 Å². The second-order valence-corrected chi connectivity index (χ2v) is 6.91. The Morgan fingerprint density at radius 2 is 1.57 bits per heavy atom. The van der Waals surface area contributed by atoms with E-state index in [1.165, 1.54) is 11.1 Å². The average molecular weight is 311 g/mol. The normalized spacial score (nSPS) is 29.6. The SMILES string of the molecule is CC[N+]1(Cc2ccccc2)NC(C)(c2ccccc2)CC1(N)N. The maximum Gasteiger partial charge on any atom is 0.225 e. The van der Waals surface area contributed by atoms with Gasteiger partial charge in [0, 0.05) is 5.56 Å². The lowest BCUT2D eigenvalue weighted by atomic mass is 9.88. The van der Waals surface area contributed by atoms with Crippen molar-refractivity contribution in [1.82, 2.24) is 5.43 Å². The molecule has 0 amide bonds. The minimum absolute atomic E-state index is 0.241. The summed E-state index contributed by atoms with van der Waals surface area (Å²) in [5, 5.41) is 0. The van der Waals surface area contributed by atoms with Crippen LogP contribution in [0.15, 0.2) is 60.7 Å². The Hall–Kier alpha value is -1.72. The monoisotopic (exact) mass is 311 g/mol. The van der Waals surface area contributed by atoms with Crippen molar-refractivity contribution in [3.05, 3.63) is 71.8 Å². The molecule has 0 saturated carbocycles.